The monoisotopic (exact) mass is 243 g/mol. The topological polar surface area (TPSA) is 74.1 Å². The molecular formula is C10H21N5O2. The molecule has 1 atom stereocenters. The molecule has 1 N–H and O–H groups in total. The lowest BCUT2D eigenvalue weighted by molar-refractivity contribution is 0.0660. The Balaban J connectivity index is 2.19. The lowest BCUT2D eigenvalue weighted by atomic mass is 10.1. The van der Waals surface area contributed by atoms with Gasteiger partial charge in [0.2, 0.25) is 0 Å². The third-order valence-electron chi connectivity index (χ3n) is 2.43. The molecule has 0 fully saturated rings. The molecule has 1 heterocycles. The molecule has 0 aromatic carbocycles. The minimum absolute atomic E-state index is 0.307. The summed E-state index contributed by atoms with van der Waals surface area (Å²) in [6.45, 7) is 1.97. The number of ether oxygens (including phenoxy) is 2. The highest BCUT2D eigenvalue weighted by Gasteiger charge is 2.10. The summed E-state index contributed by atoms with van der Waals surface area (Å²) in [6, 6.07) is 0.307. The number of aryl methyl sites for hydroxylation is 1. The average molecular weight is 243 g/mol. The van der Waals surface area contributed by atoms with Crippen molar-refractivity contribution in [2.24, 2.45) is 7.05 Å². The Bertz CT molecular complexity index is 305. The fourth-order valence-corrected chi connectivity index (χ4v) is 1.44. The molecule has 0 aliphatic rings. The van der Waals surface area contributed by atoms with Gasteiger partial charge in [0.25, 0.3) is 0 Å². The van der Waals surface area contributed by atoms with Crippen molar-refractivity contribution in [1.29, 1.82) is 0 Å². The molecule has 0 aliphatic heterocycles. The highest BCUT2D eigenvalue weighted by atomic mass is 16.5. The van der Waals surface area contributed by atoms with Crippen molar-refractivity contribution in [3.05, 3.63) is 5.82 Å². The van der Waals surface area contributed by atoms with Gasteiger partial charge >= 0.3 is 0 Å². The minimum atomic E-state index is 0.307. The second-order valence-corrected chi connectivity index (χ2v) is 3.78. The maximum absolute atomic E-state index is 5.42. The Kier molecular flexibility index (Phi) is 6.68. The highest BCUT2D eigenvalue weighted by molar-refractivity contribution is 4.83. The van der Waals surface area contributed by atoms with E-state index >= 15 is 0 Å². The maximum atomic E-state index is 5.42. The first-order chi connectivity index (χ1) is 8.26. The van der Waals surface area contributed by atoms with Crippen molar-refractivity contribution in [3.63, 3.8) is 0 Å². The summed E-state index contributed by atoms with van der Waals surface area (Å²) >= 11 is 0. The van der Waals surface area contributed by atoms with Crippen molar-refractivity contribution in [2.75, 3.05) is 34.0 Å². The minimum Gasteiger partial charge on any atom is -0.382 e. The molecule has 1 rings (SSSR count). The Labute approximate surface area is 101 Å². The summed E-state index contributed by atoms with van der Waals surface area (Å²) in [5, 5.41) is 15.1. The molecule has 1 aromatic heterocycles. The predicted octanol–water partition coefficient (Wildman–Crippen LogP) is -0.606. The van der Waals surface area contributed by atoms with E-state index in [4.69, 9.17) is 9.47 Å². The van der Waals surface area contributed by atoms with Crippen LogP contribution in [0.5, 0.6) is 0 Å². The van der Waals surface area contributed by atoms with Gasteiger partial charge < -0.3 is 14.8 Å². The van der Waals surface area contributed by atoms with E-state index < -0.39 is 0 Å². The Hall–Kier alpha value is -1.05. The van der Waals surface area contributed by atoms with E-state index in [0.29, 0.717) is 25.9 Å². The molecule has 0 aliphatic carbocycles. The zero-order valence-corrected chi connectivity index (χ0v) is 10.7. The average Bonchev–Trinajstić information content (AvgIpc) is 2.73. The number of hydrogen-bond donors (Lipinski definition) is 1. The molecule has 1 aromatic rings. The number of nitrogens with zero attached hydrogens (tertiary/aromatic N) is 4. The number of aromatic nitrogens is 4. The zero-order chi connectivity index (χ0) is 12.5. The van der Waals surface area contributed by atoms with Crippen molar-refractivity contribution >= 4 is 0 Å². The van der Waals surface area contributed by atoms with Gasteiger partial charge in [-0.2, -0.15) is 4.80 Å². The fraction of sp³-hybridized carbons (Fsp3) is 0.900. The Morgan fingerprint density at radius 3 is 2.76 bits per heavy atom. The van der Waals surface area contributed by atoms with E-state index in [-0.39, 0.29) is 0 Å². The van der Waals surface area contributed by atoms with Crippen LogP contribution in [0.1, 0.15) is 12.2 Å². The van der Waals surface area contributed by atoms with Crippen LogP contribution in [0.3, 0.4) is 0 Å². The molecule has 17 heavy (non-hydrogen) atoms. The number of hydrogen-bond acceptors (Lipinski definition) is 6. The second kappa shape index (κ2) is 8.10. The summed E-state index contributed by atoms with van der Waals surface area (Å²) in [5.74, 6) is 0.753. The summed E-state index contributed by atoms with van der Waals surface area (Å²) in [4.78, 5) is 1.47. The third kappa shape index (κ3) is 5.71. The molecule has 0 radical (unpaired) electrons. The van der Waals surface area contributed by atoms with E-state index in [2.05, 4.69) is 20.7 Å². The van der Waals surface area contributed by atoms with Crippen LogP contribution in [0, 0.1) is 0 Å². The third-order valence-corrected chi connectivity index (χ3v) is 2.43. The van der Waals surface area contributed by atoms with E-state index in [1.165, 1.54) is 4.80 Å². The fourth-order valence-electron chi connectivity index (χ4n) is 1.44. The van der Waals surface area contributed by atoms with Gasteiger partial charge in [0.1, 0.15) is 0 Å². The van der Waals surface area contributed by atoms with Crippen LogP contribution in [0.15, 0.2) is 0 Å². The molecule has 0 spiro atoms. The molecule has 1 unspecified atom stereocenters. The summed E-state index contributed by atoms with van der Waals surface area (Å²) in [7, 11) is 5.36. The summed E-state index contributed by atoms with van der Waals surface area (Å²) in [6.07, 6.45) is 1.68. The van der Waals surface area contributed by atoms with Crippen molar-refractivity contribution in [3.8, 4) is 0 Å². The van der Waals surface area contributed by atoms with Crippen molar-refractivity contribution in [2.45, 2.75) is 18.9 Å². The number of methoxy groups -OCH3 is 1. The molecule has 0 bridgehead atoms. The molecule has 0 saturated heterocycles. The highest BCUT2D eigenvalue weighted by Crippen LogP contribution is 1.99. The van der Waals surface area contributed by atoms with Gasteiger partial charge in [-0.15, -0.1) is 10.2 Å². The Morgan fingerprint density at radius 2 is 2.18 bits per heavy atom. The molecule has 98 valence electrons. The Morgan fingerprint density at radius 1 is 1.35 bits per heavy atom. The summed E-state index contributed by atoms with van der Waals surface area (Å²) < 4.78 is 10.3. The number of likely N-dealkylation sites (N-methyl/N-ethyl adjacent to an activating group) is 1. The SMILES string of the molecule is CNC(CCOCCOC)Cc1nnn(C)n1. The zero-order valence-electron chi connectivity index (χ0n) is 10.7. The van der Waals surface area contributed by atoms with E-state index in [1.54, 1.807) is 14.2 Å². The normalized spacial score (nSPS) is 12.9. The van der Waals surface area contributed by atoms with Gasteiger partial charge in [-0.05, 0) is 18.7 Å². The quantitative estimate of drug-likeness (QED) is 0.583. The van der Waals surface area contributed by atoms with Gasteiger partial charge in [0.05, 0.1) is 20.3 Å². The lowest BCUT2D eigenvalue weighted by Gasteiger charge is -2.13. The lowest BCUT2D eigenvalue weighted by Crippen LogP contribution is -2.29. The molecule has 0 amide bonds. The van der Waals surface area contributed by atoms with E-state index in [1.807, 2.05) is 7.05 Å². The summed E-state index contributed by atoms with van der Waals surface area (Å²) in [5.41, 5.74) is 0. The molecule has 7 nitrogen and oxygen atoms in total. The molecule has 7 heteroatoms. The first-order valence-corrected chi connectivity index (χ1v) is 5.73. The largest absolute Gasteiger partial charge is 0.382 e. The first kappa shape index (κ1) is 14.0. The second-order valence-electron chi connectivity index (χ2n) is 3.78. The van der Waals surface area contributed by atoms with Gasteiger partial charge in [-0.1, -0.05) is 0 Å². The first-order valence-electron chi connectivity index (χ1n) is 5.73. The molecular weight excluding hydrogens is 222 g/mol. The number of tetrazole rings is 1. The number of nitrogens with one attached hydrogen (secondary N) is 1. The van der Waals surface area contributed by atoms with E-state index in [9.17, 15) is 0 Å². The predicted molar refractivity (Wildman–Crippen MR) is 62.7 cm³/mol. The standard InChI is InChI=1S/C10H21N5O2/c1-11-9(4-5-17-7-6-16-3)8-10-12-14-15(2)13-10/h9,11H,4-8H2,1-3H3. The van der Waals surface area contributed by atoms with Gasteiger partial charge in [0, 0.05) is 26.2 Å². The van der Waals surface area contributed by atoms with Crippen molar-refractivity contribution < 1.29 is 9.47 Å². The van der Waals surface area contributed by atoms with Crippen LogP contribution in [-0.4, -0.2) is 60.2 Å². The van der Waals surface area contributed by atoms with Crippen LogP contribution in [0.4, 0.5) is 0 Å². The van der Waals surface area contributed by atoms with Crippen LogP contribution in [0.2, 0.25) is 0 Å². The van der Waals surface area contributed by atoms with Crippen LogP contribution >= 0.6 is 0 Å². The van der Waals surface area contributed by atoms with Gasteiger partial charge in [-0.3, -0.25) is 0 Å². The van der Waals surface area contributed by atoms with Crippen LogP contribution in [-0.2, 0) is 22.9 Å². The van der Waals surface area contributed by atoms with Gasteiger partial charge in [-0.25, -0.2) is 0 Å². The van der Waals surface area contributed by atoms with Crippen LogP contribution in [0.25, 0.3) is 0 Å². The van der Waals surface area contributed by atoms with Gasteiger partial charge in [0.15, 0.2) is 5.82 Å². The number of rotatable bonds is 9. The maximum Gasteiger partial charge on any atom is 0.176 e. The van der Waals surface area contributed by atoms with Crippen LogP contribution < -0.4 is 5.32 Å². The molecule has 0 saturated carbocycles. The van der Waals surface area contributed by atoms with Crippen molar-refractivity contribution in [1.82, 2.24) is 25.5 Å². The smallest absolute Gasteiger partial charge is 0.176 e. The van der Waals surface area contributed by atoms with E-state index in [0.717, 1.165) is 18.7 Å².